The Kier molecular flexibility index (Phi) is 4.30. The fourth-order valence-electron chi connectivity index (χ4n) is 3.07. The Balaban J connectivity index is 1.46. The highest BCUT2D eigenvalue weighted by molar-refractivity contribution is 4.69. The van der Waals surface area contributed by atoms with E-state index in [9.17, 15) is 0 Å². The molecule has 14 heavy (non-hydrogen) atoms. The second-order valence-electron chi connectivity index (χ2n) is 5.20. The minimum atomic E-state index is 1.11. The van der Waals surface area contributed by atoms with Gasteiger partial charge >= 0.3 is 0 Å². The minimum Gasteiger partial charge on any atom is -0.303 e. The predicted octanol–water partition coefficient (Wildman–Crippen LogP) is 3.44. The fraction of sp³-hybridized carbons (Fsp3) is 1.00. The van der Waals surface area contributed by atoms with Crippen LogP contribution in [0.3, 0.4) is 0 Å². The zero-order valence-electron chi connectivity index (χ0n) is 9.51. The maximum atomic E-state index is 2.65. The summed E-state index contributed by atoms with van der Waals surface area (Å²) in [4.78, 5) is 2.65. The van der Waals surface area contributed by atoms with Gasteiger partial charge in [-0.2, -0.15) is 0 Å². The van der Waals surface area contributed by atoms with Gasteiger partial charge in [-0.1, -0.05) is 38.5 Å². The number of nitrogens with zero attached hydrogens (tertiary/aromatic N) is 1. The van der Waals surface area contributed by atoms with Gasteiger partial charge in [0.15, 0.2) is 0 Å². The summed E-state index contributed by atoms with van der Waals surface area (Å²) in [6.45, 7) is 4.14. The largest absolute Gasteiger partial charge is 0.303 e. The van der Waals surface area contributed by atoms with E-state index in [0.717, 1.165) is 5.92 Å². The molecule has 1 heterocycles. The lowest BCUT2D eigenvalue weighted by Crippen LogP contribution is -2.20. The van der Waals surface area contributed by atoms with Crippen molar-refractivity contribution in [3.8, 4) is 0 Å². The summed E-state index contributed by atoms with van der Waals surface area (Å²) in [5.74, 6) is 1.11. The van der Waals surface area contributed by atoms with E-state index in [2.05, 4.69) is 4.90 Å². The number of hydrogen-bond donors (Lipinski definition) is 0. The third-order valence-electron chi connectivity index (χ3n) is 4.01. The molecule has 1 saturated carbocycles. The molecule has 0 atom stereocenters. The lowest BCUT2D eigenvalue weighted by Gasteiger charge is -2.15. The molecule has 2 aliphatic rings. The number of hydrogen-bond acceptors (Lipinski definition) is 1. The molecule has 82 valence electrons. The third-order valence-corrected chi connectivity index (χ3v) is 4.01. The summed E-state index contributed by atoms with van der Waals surface area (Å²) in [6.07, 6.45) is 13.4. The number of rotatable bonds is 5. The van der Waals surface area contributed by atoms with Gasteiger partial charge in [-0.3, -0.25) is 0 Å². The molecule has 0 aromatic rings. The molecule has 2 rings (SSSR count). The molecule has 1 saturated heterocycles. The first kappa shape index (κ1) is 10.5. The summed E-state index contributed by atoms with van der Waals surface area (Å²) in [5, 5.41) is 0. The van der Waals surface area contributed by atoms with Crippen LogP contribution < -0.4 is 0 Å². The molecule has 0 radical (unpaired) electrons. The SMILES string of the molecule is C1CCC(CCCCN2CCCC2)C1. The van der Waals surface area contributed by atoms with Gasteiger partial charge in [0, 0.05) is 0 Å². The van der Waals surface area contributed by atoms with Crippen molar-refractivity contribution in [3.63, 3.8) is 0 Å². The Bertz CT molecular complexity index is 125. The van der Waals surface area contributed by atoms with Crippen molar-refractivity contribution in [1.29, 1.82) is 0 Å². The van der Waals surface area contributed by atoms with E-state index in [-0.39, 0.29) is 0 Å². The normalized spacial score (nSPS) is 24.9. The van der Waals surface area contributed by atoms with Crippen LogP contribution in [0, 0.1) is 5.92 Å². The van der Waals surface area contributed by atoms with Crippen LogP contribution in [0.4, 0.5) is 0 Å². The first-order valence-corrected chi connectivity index (χ1v) is 6.67. The molecule has 0 aromatic heterocycles. The minimum absolute atomic E-state index is 1.11. The highest BCUT2D eigenvalue weighted by atomic mass is 15.1. The smallest absolute Gasteiger partial charge is 0.00183 e. The number of likely N-dealkylation sites (tertiary alicyclic amines) is 1. The molecule has 0 spiro atoms. The highest BCUT2D eigenvalue weighted by Gasteiger charge is 2.15. The van der Waals surface area contributed by atoms with E-state index in [0.29, 0.717) is 0 Å². The van der Waals surface area contributed by atoms with E-state index in [1.54, 1.807) is 0 Å². The van der Waals surface area contributed by atoms with Gasteiger partial charge < -0.3 is 4.90 Å². The van der Waals surface area contributed by atoms with Crippen molar-refractivity contribution in [2.75, 3.05) is 19.6 Å². The molecule has 1 nitrogen and oxygen atoms in total. The van der Waals surface area contributed by atoms with Crippen molar-refractivity contribution >= 4 is 0 Å². The van der Waals surface area contributed by atoms with Crippen LogP contribution in [0.1, 0.15) is 57.8 Å². The molecule has 0 N–H and O–H groups in total. The second kappa shape index (κ2) is 5.75. The molecule has 0 amide bonds. The zero-order valence-corrected chi connectivity index (χ0v) is 9.51. The van der Waals surface area contributed by atoms with Gasteiger partial charge in [-0.05, 0) is 44.8 Å². The predicted molar refractivity (Wildman–Crippen MR) is 61.5 cm³/mol. The van der Waals surface area contributed by atoms with Crippen LogP contribution in [0.15, 0.2) is 0 Å². The molecule has 2 fully saturated rings. The van der Waals surface area contributed by atoms with Gasteiger partial charge in [0.25, 0.3) is 0 Å². The molecule has 0 aromatic carbocycles. The standard InChI is InChI=1S/C13H25N/c1-2-8-13(7-1)9-3-4-10-14-11-5-6-12-14/h13H,1-12H2. The molecule has 0 unspecified atom stereocenters. The van der Waals surface area contributed by atoms with Crippen LogP contribution in [-0.4, -0.2) is 24.5 Å². The van der Waals surface area contributed by atoms with Crippen LogP contribution in [0.5, 0.6) is 0 Å². The van der Waals surface area contributed by atoms with Gasteiger partial charge in [0.05, 0.1) is 0 Å². The molecule has 1 heteroatoms. The van der Waals surface area contributed by atoms with Crippen LogP contribution in [0.2, 0.25) is 0 Å². The summed E-state index contributed by atoms with van der Waals surface area (Å²) in [7, 11) is 0. The Morgan fingerprint density at radius 1 is 0.857 bits per heavy atom. The Morgan fingerprint density at radius 3 is 2.29 bits per heavy atom. The third kappa shape index (κ3) is 3.27. The van der Waals surface area contributed by atoms with Crippen molar-refractivity contribution in [1.82, 2.24) is 4.90 Å². The van der Waals surface area contributed by atoms with Gasteiger partial charge in [-0.25, -0.2) is 0 Å². The Hall–Kier alpha value is -0.0400. The molecule has 0 bridgehead atoms. The van der Waals surface area contributed by atoms with Gasteiger partial charge in [-0.15, -0.1) is 0 Å². The Morgan fingerprint density at radius 2 is 1.57 bits per heavy atom. The maximum absolute atomic E-state index is 2.65. The fourth-order valence-corrected chi connectivity index (χ4v) is 3.07. The molecule has 1 aliphatic carbocycles. The topological polar surface area (TPSA) is 3.24 Å². The van der Waals surface area contributed by atoms with Gasteiger partial charge in [0.1, 0.15) is 0 Å². The summed E-state index contributed by atoms with van der Waals surface area (Å²) in [5.41, 5.74) is 0. The molecule has 1 aliphatic heterocycles. The second-order valence-corrected chi connectivity index (χ2v) is 5.20. The van der Waals surface area contributed by atoms with Crippen molar-refractivity contribution in [2.24, 2.45) is 5.92 Å². The first-order chi connectivity index (χ1) is 6.95. The van der Waals surface area contributed by atoms with Crippen molar-refractivity contribution in [3.05, 3.63) is 0 Å². The lowest BCUT2D eigenvalue weighted by molar-refractivity contribution is 0.322. The van der Waals surface area contributed by atoms with Crippen molar-refractivity contribution in [2.45, 2.75) is 57.8 Å². The van der Waals surface area contributed by atoms with E-state index in [1.165, 1.54) is 77.4 Å². The van der Waals surface area contributed by atoms with E-state index < -0.39 is 0 Å². The quantitative estimate of drug-likeness (QED) is 0.607. The lowest BCUT2D eigenvalue weighted by atomic mass is 10.0. The summed E-state index contributed by atoms with van der Waals surface area (Å²) < 4.78 is 0. The average Bonchev–Trinajstić information content (AvgIpc) is 2.86. The molecular formula is C13H25N. The Labute approximate surface area is 88.9 Å². The number of unbranched alkanes of at least 4 members (excludes halogenated alkanes) is 1. The van der Waals surface area contributed by atoms with Gasteiger partial charge in [0.2, 0.25) is 0 Å². The van der Waals surface area contributed by atoms with E-state index >= 15 is 0 Å². The average molecular weight is 195 g/mol. The monoisotopic (exact) mass is 195 g/mol. The van der Waals surface area contributed by atoms with E-state index in [4.69, 9.17) is 0 Å². The highest BCUT2D eigenvalue weighted by Crippen LogP contribution is 2.28. The van der Waals surface area contributed by atoms with E-state index in [1.807, 2.05) is 0 Å². The van der Waals surface area contributed by atoms with Crippen LogP contribution in [-0.2, 0) is 0 Å². The zero-order chi connectivity index (χ0) is 9.64. The van der Waals surface area contributed by atoms with Crippen LogP contribution >= 0.6 is 0 Å². The maximum Gasteiger partial charge on any atom is -0.00183 e. The first-order valence-electron chi connectivity index (χ1n) is 6.67. The van der Waals surface area contributed by atoms with Crippen molar-refractivity contribution < 1.29 is 0 Å². The molecular weight excluding hydrogens is 170 g/mol. The summed E-state index contributed by atoms with van der Waals surface area (Å²) in [6, 6.07) is 0. The van der Waals surface area contributed by atoms with Crippen LogP contribution in [0.25, 0.3) is 0 Å². The summed E-state index contributed by atoms with van der Waals surface area (Å²) >= 11 is 0.